The third-order valence-electron chi connectivity index (χ3n) is 15.3. The van der Waals surface area contributed by atoms with Crippen LogP contribution in [0.15, 0.2) is 231 Å². The molecule has 15 rings (SSSR count). The Bertz CT molecular complexity index is 4320. The molecule has 330 valence electrons. The molecule has 0 aliphatic heterocycles. The summed E-state index contributed by atoms with van der Waals surface area (Å²) in [5.74, 6) is 0. The molecule has 2 aliphatic rings. The number of fused-ring (bicyclic) bond motifs is 12. The van der Waals surface area contributed by atoms with Gasteiger partial charge in [0.25, 0.3) is 0 Å². The van der Waals surface area contributed by atoms with Crippen molar-refractivity contribution in [1.29, 1.82) is 0 Å². The number of para-hydroxylation sites is 5. The third kappa shape index (κ3) is 5.83. The molecule has 0 saturated heterocycles. The first kappa shape index (κ1) is 39.2. The molecule has 0 N–H and O–H groups in total. The molecule has 0 saturated carbocycles. The van der Waals surface area contributed by atoms with E-state index < -0.39 is 0 Å². The minimum Gasteiger partial charge on any atom is -0.333 e. The van der Waals surface area contributed by atoms with Crippen molar-refractivity contribution in [1.82, 2.24) is 18.3 Å². The van der Waals surface area contributed by atoms with Gasteiger partial charge in [-0.05, 0) is 113 Å². The van der Waals surface area contributed by atoms with E-state index in [0.29, 0.717) is 0 Å². The predicted molar refractivity (Wildman–Crippen MR) is 295 cm³/mol. The summed E-state index contributed by atoms with van der Waals surface area (Å²) in [6, 6.07) is 78.9. The topological polar surface area (TPSA) is 19.7 Å². The van der Waals surface area contributed by atoms with Gasteiger partial charge in [0.05, 0.1) is 33.6 Å². The highest BCUT2D eigenvalue weighted by molar-refractivity contribution is 6.20. The van der Waals surface area contributed by atoms with Crippen LogP contribution in [0.4, 0.5) is 0 Å². The Balaban J connectivity index is 1.00. The number of rotatable bonds is 6. The lowest BCUT2D eigenvalue weighted by atomic mass is 9.94. The Morgan fingerprint density at radius 2 is 0.871 bits per heavy atom. The molecule has 0 spiro atoms. The number of aromatic nitrogens is 4. The van der Waals surface area contributed by atoms with Crippen molar-refractivity contribution in [2.24, 2.45) is 0 Å². The smallest absolute Gasteiger partial charge is 0.0586 e. The Labute approximate surface area is 405 Å². The van der Waals surface area contributed by atoms with Gasteiger partial charge in [0.15, 0.2) is 0 Å². The van der Waals surface area contributed by atoms with E-state index in [-0.39, 0.29) is 6.04 Å². The maximum Gasteiger partial charge on any atom is 0.0586 e. The first-order chi connectivity index (χ1) is 34.7. The number of hydrogen-bond donors (Lipinski definition) is 0. The van der Waals surface area contributed by atoms with Gasteiger partial charge in [0.2, 0.25) is 0 Å². The number of aryl methyl sites for hydroxylation is 1. The SMILES string of the molecule is C1=Cc2c(c3ccccc3n2-c2cc(-c3ccccc3)cc(-n3c4ccccc4c4cc5c6ccccc6n(C6=CC(c7ccccc7)=CC(n7c8ccccc8c8ccccc87)C6)c5cc43)c2)CC1. The summed E-state index contributed by atoms with van der Waals surface area (Å²) in [7, 11) is 0. The highest BCUT2D eigenvalue weighted by Crippen LogP contribution is 2.45. The van der Waals surface area contributed by atoms with Gasteiger partial charge in [0.1, 0.15) is 0 Å². The molecule has 1 atom stereocenters. The zero-order valence-electron chi connectivity index (χ0n) is 38.5. The standard InChI is InChI=1S/C66H46N4/c1-3-19-43(20-4-1)45-35-47(67-59-29-13-7-23-51(59)52-24-8-14-30-60(52)67)39-49(37-45)69-63-33-17-11-27-55(63)57-41-58-56-28-12-18-34-64(56)70(66(58)42-65(57)69)50-38-46(44-21-5-2-6-22-44)36-48(40-50)68-61-31-15-9-25-53(61)54-26-10-16-32-62(54)68/h1-9,11-25,27-38,40-42,47H,10,26,39H2. The second-order valence-corrected chi connectivity index (χ2v) is 19.2. The van der Waals surface area contributed by atoms with Gasteiger partial charge in [0, 0.05) is 77.9 Å². The van der Waals surface area contributed by atoms with Crippen LogP contribution in [0.3, 0.4) is 0 Å². The third-order valence-corrected chi connectivity index (χ3v) is 15.3. The van der Waals surface area contributed by atoms with Crippen molar-refractivity contribution in [2.45, 2.75) is 25.3 Å². The molecular weight excluding hydrogens is 849 g/mol. The van der Waals surface area contributed by atoms with Crippen LogP contribution in [-0.2, 0) is 6.42 Å². The van der Waals surface area contributed by atoms with Crippen molar-refractivity contribution in [3.05, 3.63) is 247 Å². The summed E-state index contributed by atoms with van der Waals surface area (Å²) < 4.78 is 10.2. The van der Waals surface area contributed by atoms with E-state index in [1.54, 1.807) is 0 Å². The summed E-state index contributed by atoms with van der Waals surface area (Å²) in [6.45, 7) is 0. The molecule has 0 fully saturated rings. The number of benzene rings is 9. The summed E-state index contributed by atoms with van der Waals surface area (Å²) >= 11 is 0. The maximum atomic E-state index is 2.59. The summed E-state index contributed by atoms with van der Waals surface area (Å²) in [5.41, 5.74) is 19.6. The zero-order valence-corrected chi connectivity index (χ0v) is 38.5. The Morgan fingerprint density at radius 1 is 0.371 bits per heavy atom. The highest BCUT2D eigenvalue weighted by atomic mass is 15.1. The first-order valence-electron chi connectivity index (χ1n) is 24.7. The fourth-order valence-electron chi connectivity index (χ4n) is 12.3. The normalized spacial score (nSPS) is 14.9. The lowest BCUT2D eigenvalue weighted by molar-refractivity contribution is 0.648. The minimum atomic E-state index is 0.0657. The average Bonchev–Trinajstić information content (AvgIpc) is 4.15. The van der Waals surface area contributed by atoms with Crippen LogP contribution in [0.25, 0.3) is 116 Å². The van der Waals surface area contributed by atoms with Crippen LogP contribution in [0.5, 0.6) is 0 Å². The molecule has 1 unspecified atom stereocenters. The fourth-order valence-corrected chi connectivity index (χ4v) is 12.3. The maximum absolute atomic E-state index is 2.59. The molecule has 9 aromatic carbocycles. The largest absolute Gasteiger partial charge is 0.333 e. The van der Waals surface area contributed by atoms with Gasteiger partial charge >= 0.3 is 0 Å². The second kappa shape index (κ2) is 15.3. The quantitative estimate of drug-likeness (QED) is 0.158. The number of allylic oxidation sites excluding steroid dienone is 5. The molecule has 0 bridgehead atoms. The average molecular weight is 895 g/mol. The molecule has 70 heavy (non-hydrogen) atoms. The van der Waals surface area contributed by atoms with Crippen molar-refractivity contribution in [3.63, 3.8) is 0 Å². The molecule has 4 aromatic heterocycles. The molecule has 4 heterocycles. The fraction of sp³-hybridized carbons (Fsp3) is 0.0606. The van der Waals surface area contributed by atoms with Crippen LogP contribution in [0.2, 0.25) is 0 Å². The van der Waals surface area contributed by atoms with Crippen LogP contribution in [0, 0.1) is 0 Å². The van der Waals surface area contributed by atoms with E-state index in [1.165, 1.54) is 116 Å². The number of hydrogen-bond acceptors (Lipinski definition) is 0. The van der Waals surface area contributed by atoms with Gasteiger partial charge < -0.3 is 18.3 Å². The van der Waals surface area contributed by atoms with Crippen LogP contribution in [-0.4, -0.2) is 18.3 Å². The van der Waals surface area contributed by atoms with E-state index in [4.69, 9.17) is 0 Å². The Hall–Kier alpha value is -8.86. The van der Waals surface area contributed by atoms with Crippen molar-refractivity contribution >= 4 is 93.7 Å². The predicted octanol–water partition coefficient (Wildman–Crippen LogP) is 17.1. The van der Waals surface area contributed by atoms with Crippen LogP contribution < -0.4 is 0 Å². The van der Waals surface area contributed by atoms with Gasteiger partial charge in [-0.25, -0.2) is 0 Å². The summed E-state index contributed by atoms with van der Waals surface area (Å²) in [4.78, 5) is 0. The molecule has 0 amide bonds. The molecule has 2 aliphatic carbocycles. The molecular formula is C66H46N4. The minimum absolute atomic E-state index is 0.0657. The lowest BCUT2D eigenvalue weighted by Crippen LogP contribution is -2.13. The lowest BCUT2D eigenvalue weighted by Gasteiger charge is -2.27. The van der Waals surface area contributed by atoms with E-state index in [0.717, 1.165) is 30.6 Å². The second-order valence-electron chi connectivity index (χ2n) is 19.2. The molecule has 4 heteroatoms. The van der Waals surface area contributed by atoms with E-state index in [9.17, 15) is 0 Å². The highest BCUT2D eigenvalue weighted by Gasteiger charge is 2.27. The monoisotopic (exact) mass is 894 g/mol. The van der Waals surface area contributed by atoms with E-state index in [1.807, 2.05) is 0 Å². The van der Waals surface area contributed by atoms with E-state index in [2.05, 4.69) is 255 Å². The van der Waals surface area contributed by atoms with Crippen molar-refractivity contribution in [2.75, 3.05) is 0 Å². The van der Waals surface area contributed by atoms with E-state index >= 15 is 0 Å². The summed E-state index contributed by atoms with van der Waals surface area (Å²) in [5, 5.41) is 8.91. The Kier molecular flexibility index (Phi) is 8.58. The van der Waals surface area contributed by atoms with Gasteiger partial charge in [-0.1, -0.05) is 164 Å². The molecule has 0 radical (unpaired) electrons. The Morgan fingerprint density at radius 3 is 1.51 bits per heavy atom. The zero-order chi connectivity index (χ0) is 45.9. The first-order valence-corrected chi connectivity index (χ1v) is 24.7. The van der Waals surface area contributed by atoms with Gasteiger partial charge in [-0.15, -0.1) is 0 Å². The molecule has 4 nitrogen and oxygen atoms in total. The number of nitrogens with zero attached hydrogens (tertiary/aromatic N) is 4. The van der Waals surface area contributed by atoms with Crippen molar-refractivity contribution in [3.8, 4) is 22.5 Å². The summed E-state index contributed by atoms with van der Waals surface area (Å²) in [6.07, 6.45) is 12.6. The van der Waals surface area contributed by atoms with Crippen LogP contribution in [0.1, 0.15) is 35.7 Å². The van der Waals surface area contributed by atoms with Gasteiger partial charge in [-0.2, -0.15) is 0 Å². The van der Waals surface area contributed by atoms with Crippen LogP contribution >= 0.6 is 0 Å². The van der Waals surface area contributed by atoms with Gasteiger partial charge in [-0.3, -0.25) is 0 Å². The molecule has 13 aromatic rings. The van der Waals surface area contributed by atoms with Crippen molar-refractivity contribution < 1.29 is 0 Å².